The lowest BCUT2D eigenvalue weighted by Crippen LogP contribution is -2.36. The minimum atomic E-state index is 0.241. The molecule has 0 aliphatic heterocycles. The van der Waals surface area contributed by atoms with Gasteiger partial charge in [-0.25, -0.2) is 9.98 Å². The van der Waals surface area contributed by atoms with Crippen molar-refractivity contribution in [1.29, 1.82) is 0 Å². The van der Waals surface area contributed by atoms with Crippen molar-refractivity contribution in [2.75, 3.05) is 0 Å². The third-order valence-corrected chi connectivity index (χ3v) is 2.77. The second kappa shape index (κ2) is 7.83. The maximum absolute atomic E-state index is 4.69. The second-order valence-electron chi connectivity index (χ2n) is 5.79. The standard InChI is InChI=1S/C17H27N3/c1-13(2)18-17(19-14(3)4)20(15(5)6)12-16-10-8-7-9-11-16/h7-11,13,15H,12H2,1-6H3. The molecule has 0 bridgehead atoms. The van der Waals surface area contributed by atoms with E-state index in [1.54, 1.807) is 0 Å². The molecule has 20 heavy (non-hydrogen) atoms. The van der Waals surface area contributed by atoms with E-state index in [-0.39, 0.29) is 6.04 Å². The third-order valence-electron chi connectivity index (χ3n) is 2.77. The van der Waals surface area contributed by atoms with Crippen LogP contribution in [-0.4, -0.2) is 28.7 Å². The molecule has 0 amide bonds. The first-order chi connectivity index (χ1) is 9.40. The quantitative estimate of drug-likeness (QED) is 0.598. The number of benzene rings is 1. The number of hydrogen-bond acceptors (Lipinski definition) is 1. The van der Waals surface area contributed by atoms with Crippen LogP contribution in [0, 0.1) is 0 Å². The van der Waals surface area contributed by atoms with Crippen LogP contribution in [0.4, 0.5) is 0 Å². The van der Waals surface area contributed by atoms with Gasteiger partial charge in [0.05, 0.1) is 0 Å². The average molecular weight is 273 g/mol. The van der Waals surface area contributed by atoms with Gasteiger partial charge in [-0.05, 0) is 47.1 Å². The molecule has 0 N–H and O–H groups in total. The monoisotopic (exact) mass is 273 g/mol. The summed E-state index contributed by atoms with van der Waals surface area (Å²) in [5, 5.41) is 0. The molecule has 0 atom stereocenters. The number of nitrogens with zero attached hydrogens (tertiary/aromatic N) is 3. The highest BCUT2D eigenvalue weighted by Gasteiger charge is 2.15. The molecule has 0 saturated heterocycles. The van der Waals surface area contributed by atoms with E-state index in [9.17, 15) is 0 Å². The van der Waals surface area contributed by atoms with Crippen LogP contribution >= 0.6 is 0 Å². The first-order valence-corrected chi connectivity index (χ1v) is 7.30. The summed E-state index contributed by atoms with van der Waals surface area (Å²) < 4.78 is 0. The highest BCUT2D eigenvalue weighted by atomic mass is 15.3. The molecule has 0 saturated carbocycles. The molecule has 0 aliphatic carbocycles. The van der Waals surface area contributed by atoms with Gasteiger partial charge in [0.15, 0.2) is 0 Å². The Morgan fingerprint density at radius 1 is 1.05 bits per heavy atom. The highest BCUT2D eigenvalue weighted by molar-refractivity contribution is 5.94. The van der Waals surface area contributed by atoms with E-state index in [1.165, 1.54) is 5.56 Å². The van der Waals surface area contributed by atoms with Crippen molar-refractivity contribution >= 4 is 11.7 Å². The van der Waals surface area contributed by atoms with Crippen molar-refractivity contribution in [2.45, 2.75) is 60.2 Å². The van der Waals surface area contributed by atoms with Gasteiger partial charge >= 0.3 is 0 Å². The highest BCUT2D eigenvalue weighted by Crippen LogP contribution is 2.11. The summed E-state index contributed by atoms with van der Waals surface area (Å²) >= 11 is 0. The van der Waals surface area contributed by atoms with Gasteiger partial charge in [0.1, 0.15) is 0 Å². The average Bonchev–Trinajstić information content (AvgIpc) is 2.35. The van der Waals surface area contributed by atoms with Crippen molar-refractivity contribution in [3.63, 3.8) is 0 Å². The van der Waals surface area contributed by atoms with Crippen molar-refractivity contribution in [3.8, 4) is 0 Å². The van der Waals surface area contributed by atoms with Crippen molar-refractivity contribution in [2.24, 2.45) is 9.98 Å². The van der Waals surface area contributed by atoms with Gasteiger partial charge in [-0.2, -0.15) is 0 Å². The number of aliphatic imine (C=N–C) groups is 2. The molecule has 0 aliphatic rings. The number of rotatable bonds is 4. The Balaban J connectivity index is 3.06. The summed E-state index contributed by atoms with van der Waals surface area (Å²) in [5.41, 5.74) is 2.31. The summed E-state index contributed by atoms with van der Waals surface area (Å²) in [6.07, 6.45) is 0. The number of guanidine groups is 1. The zero-order valence-electron chi connectivity index (χ0n) is 13.6. The van der Waals surface area contributed by atoms with E-state index in [1.807, 2.05) is 19.9 Å². The molecule has 0 fully saturated rings. The van der Waals surface area contributed by atoms with Gasteiger partial charge in [0.2, 0.25) is 5.96 Å². The molecular weight excluding hydrogens is 246 g/mol. The fourth-order valence-electron chi connectivity index (χ4n) is 1.86. The fraction of sp³-hybridized carbons (Fsp3) is 0.529. The van der Waals surface area contributed by atoms with E-state index in [0.717, 1.165) is 18.2 Å². The Labute approximate surface area is 123 Å². The minimum Gasteiger partial charge on any atom is -0.334 e. The maximum atomic E-state index is 4.69. The lowest BCUT2D eigenvalue weighted by Gasteiger charge is -2.28. The van der Waals surface area contributed by atoms with Gasteiger partial charge < -0.3 is 4.90 Å². The first kappa shape index (κ1) is 16.4. The molecule has 0 spiro atoms. The predicted molar refractivity (Wildman–Crippen MR) is 88.5 cm³/mol. The van der Waals surface area contributed by atoms with Gasteiger partial charge in [-0.15, -0.1) is 0 Å². The molecule has 3 heteroatoms. The molecule has 1 rings (SSSR count). The zero-order valence-corrected chi connectivity index (χ0v) is 13.6. The molecule has 0 heterocycles. The van der Waals surface area contributed by atoms with Crippen LogP contribution in [0.2, 0.25) is 0 Å². The molecule has 3 nitrogen and oxygen atoms in total. The topological polar surface area (TPSA) is 28.0 Å². The third kappa shape index (κ3) is 5.55. The molecule has 1 aromatic carbocycles. The van der Waals surface area contributed by atoms with Crippen LogP contribution < -0.4 is 0 Å². The van der Waals surface area contributed by atoms with Crippen LogP contribution in [0.25, 0.3) is 0 Å². The summed E-state index contributed by atoms with van der Waals surface area (Å²) in [6.45, 7) is 13.4. The van der Waals surface area contributed by atoms with Crippen LogP contribution in [0.15, 0.2) is 40.3 Å². The van der Waals surface area contributed by atoms with Crippen molar-refractivity contribution < 1.29 is 0 Å². The molecule has 1 aromatic rings. The van der Waals surface area contributed by atoms with Gasteiger partial charge in [-0.1, -0.05) is 30.3 Å². The zero-order chi connectivity index (χ0) is 15.1. The molecular formula is C17H27N3. The smallest absolute Gasteiger partial charge is 0.221 e. The molecule has 0 unspecified atom stereocenters. The van der Waals surface area contributed by atoms with Gasteiger partial charge in [0.25, 0.3) is 0 Å². The van der Waals surface area contributed by atoms with E-state index >= 15 is 0 Å². The molecule has 0 radical (unpaired) electrons. The van der Waals surface area contributed by atoms with E-state index in [4.69, 9.17) is 0 Å². The normalized spacial score (nSPS) is 11.9. The Morgan fingerprint density at radius 2 is 1.65 bits per heavy atom. The predicted octanol–water partition coefficient (Wildman–Crippen LogP) is 4.14. The lowest BCUT2D eigenvalue weighted by molar-refractivity contribution is 0.337. The Bertz CT molecular complexity index is 454. The van der Waals surface area contributed by atoms with E-state index in [0.29, 0.717) is 6.04 Å². The number of hydrogen-bond donors (Lipinski definition) is 0. The molecule has 110 valence electrons. The summed E-state index contributed by atoms with van der Waals surface area (Å²) in [6, 6.07) is 11.1. The first-order valence-electron chi connectivity index (χ1n) is 7.30. The molecule has 0 aromatic heterocycles. The second-order valence-corrected chi connectivity index (χ2v) is 5.79. The van der Waals surface area contributed by atoms with Crippen molar-refractivity contribution in [3.05, 3.63) is 35.9 Å². The summed E-state index contributed by atoms with van der Waals surface area (Å²) in [5.74, 6) is 0.832. The van der Waals surface area contributed by atoms with Crippen LogP contribution in [0.5, 0.6) is 0 Å². The van der Waals surface area contributed by atoms with Crippen molar-refractivity contribution in [1.82, 2.24) is 4.90 Å². The van der Waals surface area contributed by atoms with Crippen LogP contribution in [0.1, 0.15) is 47.1 Å². The Kier molecular flexibility index (Phi) is 6.43. The maximum Gasteiger partial charge on any atom is 0.221 e. The summed E-state index contributed by atoms with van der Waals surface area (Å²) in [7, 11) is 0. The lowest BCUT2D eigenvalue weighted by atomic mass is 10.2. The van der Waals surface area contributed by atoms with Gasteiger partial charge in [-0.3, -0.25) is 0 Å². The summed E-state index contributed by atoms with van der Waals surface area (Å²) in [4.78, 5) is 11.6. The van der Waals surface area contributed by atoms with E-state index in [2.05, 4.69) is 66.8 Å². The Hall–Kier alpha value is -1.64. The van der Waals surface area contributed by atoms with Gasteiger partial charge in [0, 0.05) is 24.3 Å². The van der Waals surface area contributed by atoms with Crippen LogP contribution in [0.3, 0.4) is 0 Å². The fourth-order valence-corrected chi connectivity index (χ4v) is 1.86. The minimum absolute atomic E-state index is 0.241. The largest absolute Gasteiger partial charge is 0.334 e. The van der Waals surface area contributed by atoms with Crippen LogP contribution in [-0.2, 0) is 6.54 Å². The SMILES string of the molecule is CC(C)=NC(=NC(C)C)N(Cc1ccccc1)C(C)C. The Morgan fingerprint density at radius 3 is 2.10 bits per heavy atom. The van der Waals surface area contributed by atoms with E-state index < -0.39 is 0 Å².